The molecule has 3 aliphatic heterocycles. The zero-order valence-corrected chi connectivity index (χ0v) is 17.3. The average molecular weight is 389 g/mol. The predicted octanol–water partition coefficient (Wildman–Crippen LogP) is 3.26. The van der Waals surface area contributed by atoms with Gasteiger partial charge in [0.05, 0.1) is 18.8 Å². The number of carbonyl (C=O) groups is 1. The molecule has 1 aromatic carbocycles. The SMILES string of the molecule is CC(C)(C)OC(=O)N1CCc2cc3c(cc2CC1)N(CC1CCOC1)CCO3. The molecule has 1 atom stereocenters. The van der Waals surface area contributed by atoms with Gasteiger partial charge in [-0.2, -0.15) is 0 Å². The third-order valence-corrected chi connectivity index (χ3v) is 5.70. The van der Waals surface area contributed by atoms with E-state index in [0.717, 1.165) is 57.9 Å². The Labute approximate surface area is 167 Å². The first-order valence-corrected chi connectivity index (χ1v) is 10.5. The fourth-order valence-electron chi connectivity index (χ4n) is 4.23. The molecule has 0 aromatic heterocycles. The highest BCUT2D eigenvalue weighted by Crippen LogP contribution is 2.36. The third-order valence-electron chi connectivity index (χ3n) is 5.70. The molecule has 0 N–H and O–H groups in total. The van der Waals surface area contributed by atoms with Gasteiger partial charge in [-0.1, -0.05) is 0 Å². The van der Waals surface area contributed by atoms with Crippen LogP contribution in [0.25, 0.3) is 0 Å². The molecular weight excluding hydrogens is 356 g/mol. The molecule has 1 saturated heterocycles. The summed E-state index contributed by atoms with van der Waals surface area (Å²) in [7, 11) is 0. The second kappa shape index (κ2) is 7.82. The van der Waals surface area contributed by atoms with Crippen molar-refractivity contribution in [2.24, 2.45) is 5.92 Å². The Bertz CT molecular complexity index is 722. The Morgan fingerprint density at radius 2 is 1.89 bits per heavy atom. The van der Waals surface area contributed by atoms with Crippen molar-refractivity contribution < 1.29 is 19.0 Å². The molecule has 3 aliphatic rings. The first-order valence-electron chi connectivity index (χ1n) is 10.5. The van der Waals surface area contributed by atoms with Crippen molar-refractivity contribution in [1.29, 1.82) is 0 Å². The van der Waals surface area contributed by atoms with E-state index in [1.165, 1.54) is 16.8 Å². The summed E-state index contributed by atoms with van der Waals surface area (Å²) >= 11 is 0. The number of fused-ring (bicyclic) bond motifs is 2. The molecule has 0 radical (unpaired) electrons. The smallest absolute Gasteiger partial charge is 0.410 e. The maximum absolute atomic E-state index is 12.5. The number of rotatable bonds is 2. The number of carbonyl (C=O) groups excluding carboxylic acids is 1. The molecule has 1 aromatic rings. The summed E-state index contributed by atoms with van der Waals surface area (Å²) in [6.07, 6.45) is 2.61. The molecule has 3 heterocycles. The standard InChI is InChI=1S/C22H32N2O4/c1-22(2,3)28-21(25)23-7-4-17-12-19-20(13-18(17)5-8-23)27-11-9-24(19)14-16-6-10-26-15-16/h12-13,16H,4-11,14-15H2,1-3H3. The van der Waals surface area contributed by atoms with Gasteiger partial charge in [0, 0.05) is 32.2 Å². The van der Waals surface area contributed by atoms with Gasteiger partial charge in [-0.3, -0.25) is 0 Å². The highest BCUT2D eigenvalue weighted by Gasteiger charge is 2.28. The number of benzene rings is 1. The Morgan fingerprint density at radius 3 is 2.57 bits per heavy atom. The molecule has 4 rings (SSSR count). The van der Waals surface area contributed by atoms with Crippen molar-refractivity contribution in [3.63, 3.8) is 0 Å². The largest absolute Gasteiger partial charge is 0.490 e. The van der Waals surface area contributed by atoms with Gasteiger partial charge in [0.15, 0.2) is 0 Å². The molecule has 1 unspecified atom stereocenters. The van der Waals surface area contributed by atoms with Crippen LogP contribution in [0.4, 0.5) is 10.5 Å². The van der Waals surface area contributed by atoms with Crippen LogP contribution < -0.4 is 9.64 Å². The van der Waals surface area contributed by atoms with E-state index in [1.807, 2.05) is 25.7 Å². The van der Waals surface area contributed by atoms with E-state index in [9.17, 15) is 4.79 Å². The van der Waals surface area contributed by atoms with Gasteiger partial charge < -0.3 is 24.0 Å². The summed E-state index contributed by atoms with van der Waals surface area (Å²) in [6.45, 7) is 11.5. The van der Waals surface area contributed by atoms with E-state index in [-0.39, 0.29) is 6.09 Å². The lowest BCUT2D eigenvalue weighted by molar-refractivity contribution is 0.0258. The fraction of sp³-hybridized carbons (Fsp3) is 0.682. The van der Waals surface area contributed by atoms with E-state index < -0.39 is 5.60 Å². The van der Waals surface area contributed by atoms with Crippen LogP contribution in [-0.2, 0) is 22.3 Å². The molecule has 6 heteroatoms. The lowest BCUT2D eigenvalue weighted by Gasteiger charge is -2.33. The van der Waals surface area contributed by atoms with Crippen molar-refractivity contribution in [2.75, 3.05) is 50.9 Å². The summed E-state index contributed by atoms with van der Waals surface area (Å²) in [5, 5.41) is 0. The number of ether oxygens (including phenoxy) is 3. The number of anilines is 1. The Balaban J connectivity index is 1.49. The second-order valence-electron chi connectivity index (χ2n) is 9.08. The monoisotopic (exact) mass is 388 g/mol. The van der Waals surface area contributed by atoms with Gasteiger partial charge >= 0.3 is 6.09 Å². The van der Waals surface area contributed by atoms with Gasteiger partial charge in [-0.05, 0) is 63.3 Å². The summed E-state index contributed by atoms with van der Waals surface area (Å²) < 4.78 is 17.1. The molecule has 0 saturated carbocycles. The highest BCUT2D eigenvalue weighted by molar-refractivity contribution is 5.69. The molecule has 154 valence electrons. The first-order chi connectivity index (χ1) is 13.4. The minimum Gasteiger partial charge on any atom is -0.490 e. The number of nitrogens with zero attached hydrogens (tertiary/aromatic N) is 2. The lowest BCUT2D eigenvalue weighted by Crippen LogP contribution is -2.38. The van der Waals surface area contributed by atoms with Crippen molar-refractivity contribution in [3.8, 4) is 5.75 Å². The van der Waals surface area contributed by atoms with Gasteiger partial charge in [-0.15, -0.1) is 0 Å². The number of amides is 1. The van der Waals surface area contributed by atoms with Crippen LogP contribution in [0.2, 0.25) is 0 Å². The predicted molar refractivity (Wildman–Crippen MR) is 108 cm³/mol. The molecule has 1 fully saturated rings. The van der Waals surface area contributed by atoms with E-state index >= 15 is 0 Å². The molecule has 0 spiro atoms. The van der Waals surface area contributed by atoms with Crippen molar-refractivity contribution in [1.82, 2.24) is 4.90 Å². The molecule has 1 amide bonds. The van der Waals surface area contributed by atoms with Crippen LogP contribution >= 0.6 is 0 Å². The van der Waals surface area contributed by atoms with Crippen LogP contribution in [0.15, 0.2) is 12.1 Å². The highest BCUT2D eigenvalue weighted by atomic mass is 16.6. The lowest BCUT2D eigenvalue weighted by atomic mass is 9.99. The Morgan fingerprint density at radius 1 is 1.14 bits per heavy atom. The quantitative estimate of drug-likeness (QED) is 0.778. The van der Waals surface area contributed by atoms with Crippen molar-refractivity contribution in [2.45, 2.75) is 45.6 Å². The van der Waals surface area contributed by atoms with E-state index in [2.05, 4.69) is 17.0 Å². The van der Waals surface area contributed by atoms with Crippen molar-refractivity contribution in [3.05, 3.63) is 23.3 Å². The molecule has 28 heavy (non-hydrogen) atoms. The molecule has 6 nitrogen and oxygen atoms in total. The summed E-state index contributed by atoms with van der Waals surface area (Å²) in [4.78, 5) is 16.8. The third kappa shape index (κ3) is 4.37. The minimum absolute atomic E-state index is 0.218. The number of hydrogen-bond acceptors (Lipinski definition) is 5. The van der Waals surface area contributed by atoms with Crippen LogP contribution in [0, 0.1) is 5.92 Å². The second-order valence-corrected chi connectivity index (χ2v) is 9.08. The zero-order valence-electron chi connectivity index (χ0n) is 17.3. The van der Waals surface area contributed by atoms with E-state index in [4.69, 9.17) is 14.2 Å². The molecule has 0 bridgehead atoms. The summed E-state index contributed by atoms with van der Waals surface area (Å²) in [6, 6.07) is 4.48. The Hall–Kier alpha value is -1.95. The van der Waals surface area contributed by atoms with Gasteiger partial charge in [0.1, 0.15) is 18.0 Å². The Kier molecular flexibility index (Phi) is 5.41. The summed E-state index contributed by atoms with van der Waals surface area (Å²) in [5.41, 5.74) is 3.34. The topological polar surface area (TPSA) is 51.2 Å². The van der Waals surface area contributed by atoms with Crippen LogP contribution in [-0.4, -0.2) is 62.6 Å². The normalized spacial score (nSPS) is 22.2. The maximum Gasteiger partial charge on any atom is 0.410 e. The van der Waals surface area contributed by atoms with E-state index in [0.29, 0.717) is 19.0 Å². The average Bonchev–Trinajstić information content (AvgIpc) is 3.04. The van der Waals surface area contributed by atoms with Crippen LogP contribution in [0.1, 0.15) is 38.3 Å². The first kappa shape index (κ1) is 19.4. The van der Waals surface area contributed by atoms with Gasteiger partial charge in [0.25, 0.3) is 0 Å². The van der Waals surface area contributed by atoms with Gasteiger partial charge in [0.2, 0.25) is 0 Å². The molecule has 0 aliphatic carbocycles. The van der Waals surface area contributed by atoms with Crippen LogP contribution in [0.5, 0.6) is 5.75 Å². The fourth-order valence-corrected chi connectivity index (χ4v) is 4.23. The zero-order chi connectivity index (χ0) is 19.7. The molecular formula is C22H32N2O4. The van der Waals surface area contributed by atoms with E-state index in [1.54, 1.807) is 0 Å². The number of hydrogen-bond donors (Lipinski definition) is 0. The minimum atomic E-state index is -0.465. The maximum atomic E-state index is 12.5. The van der Waals surface area contributed by atoms with Crippen molar-refractivity contribution >= 4 is 11.8 Å². The summed E-state index contributed by atoms with van der Waals surface area (Å²) in [5.74, 6) is 1.59. The van der Waals surface area contributed by atoms with Crippen LogP contribution in [0.3, 0.4) is 0 Å². The van der Waals surface area contributed by atoms with Gasteiger partial charge in [-0.25, -0.2) is 4.79 Å².